The van der Waals surface area contributed by atoms with Crippen molar-refractivity contribution in [3.63, 3.8) is 0 Å². The number of primary sulfonamides is 1. The molecule has 0 fully saturated rings. The second-order valence-corrected chi connectivity index (χ2v) is 6.16. The predicted molar refractivity (Wildman–Crippen MR) is 66.8 cm³/mol. The van der Waals surface area contributed by atoms with E-state index < -0.39 is 21.7 Å². The zero-order valence-electron chi connectivity index (χ0n) is 9.35. The van der Waals surface area contributed by atoms with Gasteiger partial charge in [0, 0.05) is 11.8 Å². The van der Waals surface area contributed by atoms with Crippen LogP contribution in [0.25, 0.3) is 0 Å². The standard InChI is InChI=1S/C10H8BrF2N3O2S/c11-8-1-2-9(12)7(10(8)13)5-16-4-6(3-15-16)19(14,17)18/h1-4H,5H2,(H2,14,17,18). The molecule has 1 aromatic carbocycles. The molecular formula is C10H8BrF2N3O2S. The Morgan fingerprint density at radius 3 is 2.63 bits per heavy atom. The average Bonchev–Trinajstić information content (AvgIpc) is 2.78. The monoisotopic (exact) mass is 351 g/mol. The minimum absolute atomic E-state index is 0.114. The number of sulfonamides is 1. The first-order valence-corrected chi connectivity index (χ1v) is 7.30. The van der Waals surface area contributed by atoms with Crippen LogP contribution in [0.5, 0.6) is 0 Å². The Labute approximate surface area is 116 Å². The molecule has 0 amide bonds. The lowest BCUT2D eigenvalue weighted by molar-refractivity contribution is 0.529. The van der Waals surface area contributed by atoms with E-state index in [0.717, 1.165) is 23.1 Å². The van der Waals surface area contributed by atoms with Crippen LogP contribution in [0.3, 0.4) is 0 Å². The molecule has 2 N–H and O–H groups in total. The third kappa shape index (κ3) is 2.99. The van der Waals surface area contributed by atoms with E-state index in [1.165, 1.54) is 6.07 Å². The quantitative estimate of drug-likeness (QED) is 0.853. The molecule has 19 heavy (non-hydrogen) atoms. The molecule has 9 heteroatoms. The minimum Gasteiger partial charge on any atom is -0.267 e. The number of hydrogen-bond acceptors (Lipinski definition) is 3. The molecule has 1 aromatic heterocycles. The van der Waals surface area contributed by atoms with Gasteiger partial charge in [0.15, 0.2) is 0 Å². The van der Waals surface area contributed by atoms with Gasteiger partial charge in [-0.05, 0) is 28.1 Å². The van der Waals surface area contributed by atoms with Crippen molar-refractivity contribution in [2.75, 3.05) is 0 Å². The molecule has 0 spiro atoms. The molecule has 102 valence electrons. The maximum Gasteiger partial charge on any atom is 0.241 e. The van der Waals surface area contributed by atoms with Crippen molar-refractivity contribution in [2.45, 2.75) is 11.4 Å². The Balaban J connectivity index is 2.37. The van der Waals surface area contributed by atoms with Crippen molar-refractivity contribution in [3.8, 4) is 0 Å². The van der Waals surface area contributed by atoms with Crippen molar-refractivity contribution < 1.29 is 17.2 Å². The summed E-state index contributed by atoms with van der Waals surface area (Å²) < 4.78 is 50.5. The van der Waals surface area contributed by atoms with E-state index in [1.54, 1.807) is 0 Å². The molecule has 0 aliphatic heterocycles. The lowest BCUT2D eigenvalue weighted by Crippen LogP contribution is -2.11. The Hall–Kier alpha value is -1.32. The van der Waals surface area contributed by atoms with E-state index in [4.69, 9.17) is 5.14 Å². The summed E-state index contributed by atoms with van der Waals surface area (Å²) in [6, 6.07) is 2.35. The topological polar surface area (TPSA) is 78.0 Å². The highest BCUT2D eigenvalue weighted by Crippen LogP contribution is 2.22. The first kappa shape index (κ1) is 14.1. The van der Waals surface area contributed by atoms with Gasteiger partial charge < -0.3 is 0 Å². The number of halogens is 3. The Morgan fingerprint density at radius 2 is 2.05 bits per heavy atom. The number of nitrogens with two attached hydrogens (primary N) is 1. The van der Waals surface area contributed by atoms with Gasteiger partial charge in [0.2, 0.25) is 10.0 Å². The molecule has 0 radical (unpaired) electrons. The van der Waals surface area contributed by atoms with Gasteiger partial charge in [-0.15, -0.1) is 0 Å². The van der Waals surface area contributed by atoms with E-state index in [2.05, 4.69) is 21.0 Å². The van der Waals surface area contributed by atoms with Crippen molar-refractivity contribution in [1.29, 1.82) is 0 Å². The summed E-state index contributed by atoms with van der Waals surface area (Å²) in [5.41, 5.74) is -0.224. The van der Waals surface area contributed by atoms with Crippen LogP contribution >= 0.6 is 15.9 Å². The van der Waals surface area contributed by atoms with Gasteiger partial charge in [0.1, 0.15) is 16.5 Å². The van der Waals surface area contributed by atoms with E-state index in [9.17, 15) is 17.2 Å². The number of aromatic nitrogens is 2. The van der Waals surface area contributed by atoms with Gasteiger partial charge in [-0.1, -0.05) is 0 Å². The molecule has 0 saturated carbocycles. The zero-order valence-corrected chi connectivity index (χ0v) is 11.7. The maximum absolute atomic E-state index is 13.7. The lowest BCUT2D eigenvalue weighted by atomic mass is 10.2. The van der Waals surface area contributed by atoms with Gasteiger partial charge in [0.05, 0.1) is 17.2 Å². The lowest BCUT2D eigenvalue weighted by Gasteiger charge is -2.06. The van der Waals surface area contributed by atoms with Crippen molar-refractivity contribution >= 4 is 26.0 Å². The Kier molecular flexibility index (Phi) is 3.70. The SMILES string of the molecule is NS(=O)(=O)c1cnn(Cc2c(F)ccc(Br)c2F)c1. The summed E-state index contributed by atoms with van der Waals surface area (Å²) >= 11 is 2.94. The number of nitrogens with zero attached hydrogens (tertiary/aromatic N) is 2. The molecule has 0 saturated heterocycles. The second kappa shape index (κ2) is 4.99. The first-order chi connectivity index (χ1) is 8.79. The summed E-state index contributed by atoms with van der Waals surface area (Å²) in [6.07, 6.45) is 2.12. The summed E-state index contributed by atoms with van der Waals surface area (Å²) in [5, 5.41) is 8.61. The van der Waals surface area contributed by atoms with Gasteiger partial charge in [0.25, 0.3) is 0 Å². The summed E-state index contributed by atoms with van der Waals surface area (Å²) in [7, 11) is -3.88. The fourth-order valence-electron chi connectivity index (χ4n) is 1.45. The highest BCUT2D eigenvalue weighted by atomic mass is 79.9. The van der Waals surface area contributed by atoms with Gasteiger partial charge in [-0.3, -0.25) is 4.68 Å². The van der Waals surface area contributed by atoms with Crippen molar-refractivity contribution in [1.82, 2.24) is 9.78 Å². The van der Waals surface area contributed by atoms with Crippen LogP contribution in [0.2, 0.25) is 0 Å². The van der Waals surface area contributed by atoms with Gasteiger partial charge >= 0.3 is 0 Å². The molecule has 1 heterocycles. The fraction of sp³-hybridized carbons (Fsp3) is 0.100. The van der Waals surface area contributed by atoms with Crippen molar-refractivity contribution in [3.05, 3.63) is 46.2 Å². The summed E-state index contributed by atoms with van der Waals surface area (Å²) in [6.45, 7) is -0.243. The number of hydrogen-bond donors (Lipinski definition) is 1. The number of benzene rings is 1. The van der Waals surface area contributed by atoms with E-state index in [1.807, 2.05) is 0 Å². The zero-order chi connectivity index (χ0) is 14.2. The van der Waals surface area contributed by atoms with Gasteiger partial charge in [-0.2, -0.15) is 5.10 Å². The first-order valence-electron chi connectivity index (χ1n) is 4.96. The van der Waals surface area contributed by atoms with E-state index >= 15 is 0 Å². The predicted octanol–water partition coefficient (Wildman–Crippen LogP) is 1.62. The van der Waals surface area contributed by atoms with Crippen LogP contribution < -0.4 is 5.14 Å². The largest absolute Gasteiger partial charge is 0.267 e. The Bertz CT molecular complexity index is 730. The van der Waals surface area contributed by atoms with Crippen LogP contribution in [0.4, 0.5) is 8.78 Å². The molecule has 0 bridgehead atoms. The third-order valence-electron chi connectivity index (χ3n) is 2.40. The molecule has 0 aliphatic carbocycles. The van der Waals surface area contributed by atoms with E-state index in [0.29, 0.717) is 0 Å². The molecule has 2 rings (SSSR count). The molecule has 0 unspecified atom stereocenters. The van der Waals surface area contributed by atoms with Crippen LogP contribution in [-0.2, 0) is 16.6 Å². The number of rotatable bonds is 3. The van der Waals surface area contributed by atoms with Crippen molar-refractivity contribution in [2.24, 2.45) is 5.14 Å². The third-order valence-corrected chi connectivity index (χ3v) is 3.88. The van der Waals surface area contributed by atoms with Crippen LogP contribution in [0, 0.1) is 11.6 Å². The van der Waals surface area contributed by atoms with Crippen LogP contribution in [0.1, 0.15) is 5.56 Å². The molecule has 5 nitrogen and oxygen atoms in total. The molecular weight excluding hydrogens is 344 g/mol. The smallest absolute Gasteiger partial charge is 0.241 e. The molecule has 2 aromatic rings. The summed E-state index contributed by atoms with van der Waals surface area (Å²) in [5.74, 6) is -1.50. The second-order valence-electron chi connectivity index (χ2n) is 3.74. The van der Waals surface area contributed by atoms with Crippen LogP contribution in [0.15, 0.2) is 33.9 Å². The normalized spacial score (nSPS) is 11.8. The molecule has 0 aliphatic rings. The maximum atomic E-state index is 13.7. The minimum atomic E-state index is -3.88. The Morgan fingerprint density at radius 1 is 1.37 bits per heavy atom. The van der Waals surface area contributed by atoms with Gasteiger partial charge in [-0.25, -0.2) is 22.3 Å². The molecule has 0 atom stereocenters. The van der Waals surface area contributed by atoms with E-state index in [-0.39, 0.29) is 21.5 Å². The fourth-order valence-corrected chi connectivity index (χ4v) is 2.29. The average molecular weight is 352 g/mol. The van der Waals surface area contributed by atoms with Crippen LogP contribution in [-0.4, -0.2) is 18.2 Å². The summed E-state index contributed by atoms with van der Waals surface area (Å²) in [4.78, 5) is -0.219. The highest BCUT2D eigenvalue weighted by Gasteiger charge is 2.15. The highest BCUT2D eigenvalue weighted by molar-refractivity contribution is 9.10.